The molecule has 1 spiro atoms. The second-order valence-electron chi connectivity index (χ2n) is 9.61. The average Bonchev–Trinajstić information content (AvgIpc) is 3.22. The van der Waals surface area contributed by atoms with Crippen LogP contribution < -0.4 is 16.4 Å². The number of aromatic nitrogens is 2. The first kappa shape index (κ1) is 24.5. The Morgan fingerprint density at radius 1 is 1.17 bits per heavy atom. The summed E-state index contributed by atoms with van der Waals surface area (Å²) in [6.45, 7) is 19.3. The van der Waals surface area contributed by atoms with E-state index in [1.165, 1.54) is 16.7 Å². The average molecular weight is 472 g/mol. The standard InChI is InChI=1S/C28H37N7/c1-7-8-11-23-18(2)10-9-12-24(23)22(6)35-15-13-28(14-16-35)17-30-27(34-28)33-20(4)25-19(3)32-26(29)21(5)31-25/h7-10,12H,4,6,11,13-17H2,1-3,5H3,(H2,29,32)(H2,30,33,34)/b8-7-. The van der Waals surface area contributed by atoms with Crippen molar-refractivity contribution in [3.05, 3.63) is 77.3 Å². The fourth-order valence-corrected chi connectivity index (χ4v) is 4.88. The van der Waals surface area contributed by atoms with Gasteiger partial charge in [0.2, 0.25) is 0 Å². The summed E-state index contributed by atoms with van der Waals surface area (Å²) in [5, 5.41) is 6.95. The zero-order chi connectivity index (χ0) is 25.2. The molecule has 35 heavy (non-hydrogen) atoms. The quantitative estimate of drug-likeness (QED) is 0.549. The van der Waals surface area contributed by atoms with Gasteiger partial charge in [-0.2, -0.15) is 0 Å². The fourth-order valence-electron chi connectivity index (χ4n) is 4.88. The minimum atomic E-state index is -0.0441. The van der Waals surface area contributed by atoms with Crippen LogP contribution >= 0.6 is 0 Å². The number of nitrogens with two attached hydrogens (primary N) is 1. The number of allylic oxidation sites excluding steroid dienone is 2. The van der Waals surface area contributed by atoms with Gasteiger partial charge in [0.15, 0.2) is 5.96 Å². The Labute approximate surface area is 209 Å². The van der Waals surface area contributed by atoms with Crippen LogP contribution in [0.25, 0.3) is 11.4 Å². The third-order valence-electron chi connectivity index (χ3n) is 7.14. The number of nitrogen functional groups attached to an aromatic ring is 1. The lowest BCUT2D eigenvalue weighted by Gasteiger charge is -2.41. The highest BCUT2D eigenvalue weighted by Gasteiger charge is 2.39. The third kappa shape index (κ3) is 5.09. The molecule has 0 aliphatic carbocycles. The number of rotatable bonds is 6. The summed E-state index contributed by atoms with van der Waals surface area (Å²) >= 11 is 0. The fraction of sp³-hybridized carbons (Fsp3) is 0.393. The van der Waals surface area contributed by atoms with Gasteiger partial charge in [0.25, 0.3) is 0 Å². The van der Waals surface area contributed by atoms with Crippen LogP contribution in [0.15, 0.2) is 48.5 Å². The number of aliphatic imine (C=N–C) groups is 1. The van der Waals surface area contributed by atoms with Gasteiger partial charge in [-0.1, -0.05) is 43.5 Å². The number of guanidine groups is 1. The van der Waals surface area contributed by atoms with E-state index in [0.29, 0.717) is 22.9 Å². The van der Waals surface area contributed by atoms with Gasteiger partial charge in [0.05, 0.1) is 29.2 Å². The molecule has 4 N–H and O–H groups in total. The molecule has 0 unspecified atom stereocenters. The van der Waals surface area contributed by atoms with E-state index < -0.39 is 0 Å². The van der Waals surface area contributed by atoms with Crippen molar-refractivity contribution in [1.29, 1.82) is 0 Å². The molecule has 184 valence electrons. The highest BCUT2D eigenvalue weighted by molar-refractivity contribution is 5.90. The summed E-state index contributed by atoms with van der Waals surface area (Å²) in [5.74, 6) is 1.19. The van der Waals surface area contributed by atoms with E-state index in [2.05, 4.69) is 82.9 Å². The van der Waals surface area contributed by atoms with Gasteiger partial charge in [-0.25, -0.2) is 9.97 Å². The first-order chi connectivity index (χ1) is 16.7. The largest absolute Gasteiger partial charge is 0.382 e. The second-order valence-corrected chi connectivity index (χ2v) is 9.61. The van der Waals surface area contributed by atoms with Crippen molar-refractivity contribution in [2.45, 2.75) is 52.5 Å². The molecular weight excluding hydrogens is 434 g/mol. The first-order valence-corrected chi connectivity index (χ1v) is 12.3. The summed E-state index contributed by atoms with van der Waals surface area (Å²) in [7, 11) is 0. The van der Waals surface area contributed by atoms with Crippen molar-refractivity contribution < 1.29 is 0 Å². The number of nitrogens with one attached hydrogen (secondary N) is 2. The summed E-state index contributed by atoms with van der Waals surface area (Å²) in [4.78, 5) is 16.1. The highest BCUT2D eigenvalue weighted by Crippen LogP contribution is 2.32. The molecular formula is C28H37N7. The van der Waals surface area contributed by atoms with Gasteiger partial charge < -0.3 is 21.3 Å². The van der Waals surface area contributed by atoms with Gasteiger partial charge in [0, 0.05) is 24.4 Å². The monoisotopic (exact) mass is 471 g/mol. The molecule has 2 aromatic rings. The molecule has 1 fully saturated rings. The predicted molar refractivity (Wildman–Crippen MR) is 146 cm³/mol. The topological polar surface area (TPSA) is 91.5 Å². The van der Waals surface area contributed by atoms with Crippen LogP contribution in [0.2, 0.25) is 0 Å². The number of anilines is 1. The number of benzene rings is 1. The van der Waals surface area contributed by atoms with Gasteiger partial charge in [0.1, 0.15) is 11.5 Å². The van der Waals surface area contributed by atoms with Crippen LogP contribution in [0.1, 0.15) is 53.5 Å². The van der Waals surface area contributed by atoms with E-state index in [9.17, 15) is 0 Å². The Bertz CT molecular complexity index is 1200. The molecule has 4 rings (SSSR count). The van der Waals surface area contributed by atoms with Gasteiger partial charge in [-0.15, -0.1) is 0 Å². The SMILES string of the molecule is C=C(NC1=NCC2(CCN(C(=C)c3cccc(C)c3C/C=C\C)CC2)N1)c1nc(C)c(N)nc1C. The van der Waals surface area contributed by atoms with Crippen LogP contribution in [0, 0.1) is 20.8 Å². The molecule has 1 aromatic heterocycles. The maximum absolute atomic E-state index is 5.88. The van der Waals surface area contributed by atoms with Crippen LogP contribution in [-0.4, -0.2) is 46.0 Å². The lowest BCUT2D eigenvalue weighted by molar-refractivity contribution is 0.215. The maximum atomic E-state index is 5.88. The molecule has 1 saturated heterocycles. The lowest BCUT2D eigenvalue weighted by Crippen LogP contribution is -2.55. The van der Waals surface area contributed by atoms with Crippen molar-refractivity contribution in [3.63, 3.8) is 0 Å². The van der Waals surface area contributed by atoms with Crippen LogP contribution in [0.4, 0.5) is 5.82 Å². The van der Waals surface area contributed by atoms with E-state index in [4.69, 9.17) is 10.7 Å². The number of hydrogen-bond acceptors (Lipinski definition) is 7. The molecule has 2 aliphatic heterocycles. The van der Waals surface area contributed by atoms with Crippen molar-refractivity contribution in [3.8, 4) is 0 Å². The highest BCUT2D eigenvalue weighted by atomic mass is 15.3. The van der Waals surface area contributed by atoms with Crippen LogP contribution in [-0.2, 0) is 6.42 Å². The van der Waals surface area contributed by atoms with Crippen molar-refractivity contribution in [1.82, 2.24) is 25.5 Å². The smallest absolute Gasteiger partial charge is 0.196 e. The number of likely N-dealkylation sites (tertiary alicyclic amines) is 1. The molecule has 0 amide bonds. The minimum Gasteiger partial charge on any atom is -0.382 e. The van der Waals surface area contributed by atoms with Gasteiger partial charge >= 0.3 is 0 Å². The molecule has 7 nitrogen and oxygen atoms in total. The number of piperidine rings is 1. The molecule has 0 radical (unpaired) electrons. The maximum Gasteiger partial charge on any atom is 0.196 e. The molecule has 7 heteroatoms. The van der Waals surface area contributed by atoms with Crippen molar-refractivity contribution in [2.24, 2.45) is 4.99 Å². The lowest BCUT2D eigenvalue weighted by atomic mass is 9.87. The normalized spacial score (nSPS) is 16.9. The predicted octanol–water partition coefficient (Wildman–Crippen LogP) is 4.13. The molecule has 0 bridgehead atoms. The molecule has 0 saturated carbocycles. The summed E-state index contributed by atoms with van der Waals surface area (Å²) in [6.07, 6.45) is 7.23. The Morgan fingerprint density at radius 3 is 2.63 bits per heavy atom. The Hall–Kier alpha value is -3.61. The summed E-state index contributed by atoms with van der Waals surface area (Å²) in [5.41, 5.74) is 13.7. The Kier molecular flexibility index (Phi) is 6.96. The summed E-state index contributed by atoms with van der Waals surface area (Å²) in [6, 6.07) is 6.51. The minimum absolute atomic E-state index is 0.0441. The van der Waals surface area contributed by atoms with Gasteiger partial charge in [-0.05, 0) is 58.1 Å². The van der Waals surface area contributed by atoms with E-state index in [-0.39, 0.29) is 5.54 Å². The van der Waals surface area contributed by atoms with Gasteiger partial charge in [-0.3, -0.25) is 4.99 Å². The number of aryl methyl sites for hydroxylation is 3. The van der Waals surface area contributed by atoms with Crippen LogP contribution in [0.3, 0.4) is 0 Å². The zero-order valence-electron chi connectivity index (χ0n) is 21.4. The number of nitrogens with zero attached hydrogens (tertiary/aromatic N) is 4. The molecule has 2 aliphatic rings. The van der Waals surface area contributed by atoms with Crippen LogP contribution in [0.5, 0.6) is 0 Å². The van der Waals surface area contributed by atoms with E-state index in [1.54, 1.807) is 0 Å². The van der Waals surface area contributed by atoms with Crippen molar-refractivity contribution in [2.75, 3.05) is 25.4 Å². The first-order valence-electron chi connectivity index (χ1n) is 12.3. The summed E-state index contributed by atoms with van der Waals surface area (Å²) < 4.78 is 0. The molecule has 3 heterocycles. The third-order valence-corrected chi connectivity index (χ3v) is 7.14. The Morgan fingerprint density at radius 2 is 1.91 bits per heavy atom. The van der Waals surface area contributed by atoms with E-state index in [0.717, 1.165) is 56.2 Å². The zero-order valence-corrected chi connectivity index (χ0v) is 21.4. The van der Waals surface area contributed by atoms with Crippen molar-refractivity contribution >= 4 is 23.2 Å². The number of hydrogen-bond donors (Lipinski definition) is 3. The Balaban J connectivity index is 1.38. The second kappa shape index (κ2) is 9.94. The van der Waals surface area contributed by atoms with E-state index >= 15 is 0 Å². The molecule has 0 atom stereocenters. The van der Waals surface area contributed by atoms with E-state index in [1.807, 2.05) is 13.8 Å². The molecule has 1 aromatic carbocycles.